The Hall–Kier alpha value is -1.14. The Labute approximate surface area is 108 Å². The van der Waals surface area contributed by atoms with Gasteiger partial charge in [-0.1, -0.05) is 6.42 Å². The fraction of sp³-hybridized carbons (Fsp3) is 0.833. The Morgan fingerprint density at radius 2 is 2.00 bits per heavy atom. The van der Waals surface area contributed by atoms with E-state index in [1.54, 1.807) is 7.11 Å². The minimum absolute atomic E-state index is 0.0171. The van der Waals surface area contributed by atoms with Crippen LogP contribution in [0.4, 0.5) is 0 Å². The van der Waals surface area contributed by atoms with E-state index < -0.39 is 0 Å². The summed E-state index contributed by atoms with van der Waals surface area (Å²) >= 11 is 0. The summed E-state index contributed by atoms with van der Waals surface area (Å²) in [5.74, 6) is -0.294. The first-order chi connectivity index (χ1) is 8.62. The highest BCUT2D eigenvalue weighted by Gasteiger charge is 2.37. The number of carbonyl (C=O) groups excluding carboxylic acids is 2. The molecule has 1 saturated carbocycles. The van der Waals surface area contributed by atoms with Crippen molar-refractivity contribution in [2.24, 2.45) is 11.1 Å². The fourth-order valence-corrected chi connectivity index (χ4v) is 2.07. The Morgan fingerprint density at radius 1 is 1.28 bits per heavy atom. The van der Waals surface area contributed by atoms with Crippen molar-refractivity contribution in [2.75, 3.05) is 33.4 Å². The van der Waals surface area contributed by atoms with Gasteiger partial charge in [0.15, 0.2) is 0 Å². The monoisotopic (exact) mass is 257 g/mol. The quantitative estimate of drug-likeness (QED) is 0.505. The molecule has 6 nitrogen and oxygen atoms in total. The van der Waals surface area contributed by atoms with Crippen molar-refractivity contribution in [2.45, 2.75) is 25.7 Å². The molecule has 0 aromatic heterocycles. The van der Waals surface area contributed by atoms with Crippen molar-refractivity contribution < 1.29 is 14.3 Å². The summed E-state index contributed by atoms with van der Waals surface area (Å²) in [5.41, 5.74) is 5.66. The Bertz CT molecular complexity index is 285. The van der Waals surface area contributed by atoms with E-state index in [0.29, 0.717) is 26.1 Å². The summed E-state index contributed by atoms with van der Waals surface area (Å²) in [6.07, 6.45) is 3.59. The second kappa shape index (κ2) is 7.33. The standard InChI is InChI=1S/C12H23N3O3/c1-18-6-5-14-11(17)8-15-10(16)7-12(9-13)3-2-4-12/h2-9,13H2,1H3,(H,14,17)(H,15,16). The van der Waals surface area contributed by atoms with E-state index in [0.717, 1.165) is 19.3 Å². The number of hydrogen-bond acceptors (Lipinski definition) is 4. The number of hydrogen-bond donors (Lipinski definition) is 3. The van der Waals surface area contributed by atoms with Gasteiger partial charge in [-0.3, -0.25) is 9.59 Å². The molecule has 1 rings (SSSR count). The summed E-state index contributed by atoms with van der Waals surface area (Å²) in [4.78, 5) is 23.0. The highest BCUT2D eigenvalue weighted by Crippen LogP contribution is 2.42. The molecule has 0 aliphatic heterocycles. The molecule has 1 aliphatic rings. The lowest BCUT2D eigenvalue weighted by Crippen LogP contribution is -2.44. The van der Waals surface area contributed by atoms with E-state index >= 15 is 0 Å². The zero-order chi connectivity index (χ0) is 13.4. The summed E-state index contributed by atoms with van der Waals surface area (Å²) in [7, 11) is 1.57. The third-order valence-electron chi connectivity index (χ3n) is 3.46. The molecule has 0 atom stereocenters. The van der Waals surface area contributed by atoms with Gasteiger partial charge < -0.3 is 21.1 Å². The van der Waals surface area contributed by atoms with Gasteiger partial charge in [0.1, 0.15) is 0 Å². The van der Waals surface area contributed by atoms with Crippen LogP contribution in [0.3, 0.4) is 0 Å². The van der Waals surface area contributed by atoms with E-state index in [9.17, 15) is 9.59 Å². The first-order valence-corrected chi connectivity index (χ1v) is 6.34. The molecule has 104 valence electrons. The summed E-state index contributed by atoms with van der Waals surface area (Å²) < 4.78 is 4.80. The lowest BCUT2D eigenvalue weighted by Gasteiger charge is -2.40. The van der Waals surface area contributed by atoms with Crippen LogP contribution in [0.15, 0.2) is 0 Å². The average molecular weight is 257 g/mol. The lowest BCUT2D eigenvalue weighted by atomic mass is 9.66. The fourth-order valence-electron chi connectivity index (χ4n) is 2.07. The first-order valence-electron chi connectivity index (χ1n) is 6.34. The maximum Gasteiger partial charge on any atom is 0.239 e. The van der Waals surface area contributed by atoms with Crippen LogP contribution in [0, 0.1) is 5.41 Å². The Balaban J connectivity index is 2.14. The van der Waals surface area contributed by atoms with E-state index in [1.807, 2.05) is 0 Å². The van der Waals surface area contributed by atoms with Crippen LogP contribution in [0.1, 0.15) is 25.7 Å². The Kier molecular flexibility index (Phi) is 6.07. The molecule has 1 fully saturated rings. The maximum atomic E-state index is 11.7. The van der Waals surface area contributed by atoms with Crippen molar-refractivity contribution in [3.05, 3.63) is 0 Å². The summed E-state index contributed by atoms with van der Waals surface area (Å²) in [6.45, 7) is 1.48. The van der Waals surface area contributed by atoms with Crippen molar-refractivity contribution in [3.8, 4) is 0 Å². The highest BCUT2D eigenvalue weighted by molar-refractivity contribution is 5.84. The van der Waals surface area contributed by atoms with Gasteiger partial charge in [0.25, 0.3) is 0 Å². The van der Waals surface area contributed by atoms with Crippen LogP contribution >= 0.6 is 0 Å². The molecule has 0 radical (unpaired) electrons. The highest BCUT2D eigenvalue weighted by atomic mass is 16.5. The molecule has 0 saturated heterocycles. The van der Waals surface area contributed by atoms with Gasteiger partial charge in [-0.2, -0.15) is 0 Å². The molecule has 0 aromatic carbocycles. The van der Waals surface area contributed by atoms with Crippen molar-refractivity contribution in [1.82, 2.24) is 10.6 Å². The van der Waals surface area contributed by atoms with Crippen LogP contribution in [0.5, 0.6) is 0 Å². The number of carbonyl (C=O) groups is 2. The molecule has 0 bridgehead atoms. The average Bonchev–Trinajstić information content (AvgIpc) is 2.31. The summed E-state index contributed by atoms with van der Waals surface area (Å²) in [5, 5.41) is 5.26. The number of amides is 2. The minimum atomic E-state index is -0.198. The molecule has 2 amide bonds. The van der Waals surface area contributed by atoms with E-state index in [-0.39, 0.29) is 23.8 Å². The van der Waals surface area contributed by atoms with Crippen molar-refractivity contribution >= 4 is 11.8 Å². The van der Waals surface area contributed by atoms with E-state index in [2.05, 4.69) is 10.6 Å². The zero-order valence-corrected chi connectivity index (χ0v) is 11.0. The third-order valence-corrected chi connectivity index (χ3v) is 3.46. The lowest BCUT2D eigenvalue weighted by molar-refractivity contribution is -0.128. The van der Waals surface area contributed by atoms with Gasteiger partial charge in [0.05, 0.1) is 13.2 Å². The molecule has 0 heterocycles. The van der Waals surface area contributed by atoms with Gasteiger partial charge in [0.2, 0.25) is 11.8 Å². The molecule has 4 N–H and O–H groups in total. The summed E-state index contributed by atoms with van der Waals surface area (Å²) in [6, 6.07) is 0. The number of nitrogens with one attached hydrogen (secondary N) is 2. The van der Waals surface area contributed by atoms with Gasteiger partial charge in [-0.05, 0) is 24.8 Å². The number of ether oxygens (including phenoxy) is 1. The van der Waals surface area contributed by atoms with Crippen LogP contribution < -0.4 is 16.4 Å². The first kappa shape index (κ1) is 14.9. The van der Waals surface area contributed by atoms with Crippen LogP contribution in [-0.4, -0.2) is 45.2 Å². The van der Waals surface area contributed by atoms with Gasteiger partial charge >= 0.3 is 0 Å². The van der Waals surface area contributed by atoms with Crippen molar-refractivity contribution in [3.63, 3.8) is 0 Å². The Morgan fingerprint density at radius 3 is 2.50 bits per heavy atom. The van der Waals surface area contributed by atoms with Gasteiger partial charge in [-0.15, -0.1) is 0 Å². The second-order valence-corrected chi connectivity index (χ2v) is 4.85. The smallest absolute Gasteiger partial charge is 0.239 e. The topological polar surface area (TPSA) is 93.5 Å². The predicted molar refractivity (Wildman–Crippen MR) is 67.9 cm³/mol. The minimum Gasteiger partial charge on any atom is -0.383 e. The number of methoxy groups -OCH3 is 1. The van der Waals surface area contributed by atoms with Crippen LogP contribution in [-0.2, 0) is 14.3 Å². The van der Waals surface area contributed by atoms with Crippen LogP contribution in [0.2, 0.25) is 0 Å². The van der Waals surface area contributed by atoms with Gasteiger partial charge in [0, 0.05) is 20.1 Å². The number of nitrogens with two attached hydrogens (primary N) is 1. The van der Waals surface area contributed by atoms with E-state index in [1.165, 1.54) is 0 Å². The largest absolute Gasteiger partial charge is 0.383 e. The second-order valence-electron chi connectivity index (χ2n) is 4.85. The molecule has 0 unspecified atom stereocenters. The maximum absolute atomic E-state index is 11.7. The zero-order valence-electron chi connectivity index (χ0n) is 11.0. The van der Waals surface area contributed by atoms with Gasteiger partial charge in [-0.25, -0.2) is 0 Å². The SMILES string of the molecule is COCCNC(=O)CNC(=O)CC1(CN)CCC1. The van der Waals surface area contributed by atoms with Crippen molar-refractivity contribution in [1.29, 1.82) is 0 Å². The number of rotatable bonds is 8. The van der Waals surface area contributed by atoms with Crippen LogP contribution in [0.25, 0.3) is 0 Å². The molecule has 0 spiro atoms. The molecule has 18 heavy (non-hydrogen) atoms. The predicted octanol–water partition coefficient (Wildman–Crippen LogP) is -0.616. The molecule has 1 aliphatic carbocycles. The van der Waals surface area contributed by atoms with E-state index in [4.69, 9.17) is 10.5 Å². The molecule has 0 aromatic rings. The molecule has 6 heteroatoms. The third kappa shape index (κ3) is 4.62. The normalized spacial score (nSPS) is 16.8. The molecular weight excluding hydrogens is 234 g/mol. The molecular formula is C12H23N3O3.